The number of hydrogen-bond acceptors (Lipinski definition) is 3. The average molecular weight is 484 g/mol. The van der Waals surface area contributed by atoms with Crippen molar-refractivity contribution in [3.05, 3.63) is 104 Å². The monoisotopic (exact) mass is 483 g/mol. The molecule has 0 saturated heterocycles. The Morgan fingerprint density at radius 1 is 1.06 bits per heavy atom. The summed E-state index contributed by atoms with van der Waals surface area (Å²) in [7, 11) is 1.64. The highest BCUT2D eigenvalue weighted by molar-refractivity contribution is 6.33. The smallest absolute Gasteiger partial charge is 0.266 e. The summed E-state index contributed by atoms with van der Waals surface area (Å²) in [4.78, 5) is 33.1. The summed E-state index contributed by atoms with van der Waals surface area (Å²) in [6.45, 7) is 1.89. The largest absolute Gasteiger partial charge is 0.331 e. The summed E-state index contributed by atoms with van der Waals surface area (Å²) in [6.07, 6.45) is 0.465. The van der Waals surface area contributed by atoms with E-state index in [1.807, 2.05) is 6.92 Å². The van der Waals surface area contributed by atoms with Crippen LogP contribution in [-0.4, -0.2) is 27.4 Å². The van der Waals surface area contributed by atoms with Crippen LogP contribution in [0.2, 0.25) is 10.0 Å². The summed E-state index contributed by atoms with van der Waals surface area (Å²) in [5.74, 6) is -0.563. The summed E-state index contributed by atoms with van der Waals surface area (Å²) in [6, 6.07) is 17.2. The van der Waals surface area contributed by atoms with Crippen molar-refractivity contribution < 1.29 is 9.18 Å². The molecular formula is C25H20Cl2FN3O2. The number of aromatic nitrogens is 2. The third-order valence-electron chi connectivity index (χ3n) is 5.54. The van der Waals surface area contributed by atoms with E-state index in [0.29, 0.717) is 39.4 Å². The first-order valence-electron chi connectivity index (χ1n) is 10.3. The van der Waals surface area contributed by atoms with Crippen LogP contribution >= 0.6 is 23.2 Å². The standard InChI is InChI=1S/C25H20Cl2FN3O2/c1-3-22(30(2)24(32)16-8-4-6-10-18(16)26)23-29-21-11-7-5-9-17(21)25(33)31(23)15-12-13-20(28)19(27)14-15/h4-14,22H,3H2,1-2H3. The van der Waals surface area contributed by atoms with E-state index in [1.165, 1.54) is 27.7 Å². The van der Waals surface area contributed by atoms with E-state index in [1.54, 1.807) is 55.6 Å². The van der Waals surface area contributed by atoms with E-state index in [4.69, 9.17) is 28.2 Å². The molecule has 0 fully saturated rings. The van der Waals surface area contributed by atoms with Gasteiger partial charge in [-0.3, -0.25) is 14.2 Å². The zero-order valence-corrected chi connectivity index (χ0v) is 19.4. The van der Waals surface area contributed by atoms with E-state index < -0.39 is 11.9 Å². The number of nitrogens with zero attached hydrogens (tertiary/aromatic N) is 3. The van der Waals surface area contributed by atoms with Crippen molar-refractivity contribution in [2.45, 2.75) is 19.4 Å². The second-order valence-electron chi connectivity index (χ2n) is 7.55. The molecule has 0 N–H and O–H groups in total. The van der Waals surface area contributed by atoms with Crippen LogP contribution in [0, 0.1) is 5.82 Å². The van der Waals surface area contributed by atoms with Crippen molar-refractivity contribution in [2.24, 2.45) is 0 Å². The first kappa shape index (κ1) is 23.0. The Kier molecular flexibility index (Phi) is 6.49. The number of fused-ring (bicyclic) bond motifs is 1. The van der Waals surface area contributed by atoms with Gasteiger partial charge < -0.3 is 4.90 Å². The minimum atomic E-state index is -0.596. The number of carbonyl (C=O) groups excluding carboxylic acids is 1. The Bertz CT molecular complexity index is 1420. The van der Waals surface area contributed by atoms with Crippen molar-refractivity contribution in [3.63, 3.8) is 0 Å². The molecule has 1 heterocycles. The van der Waals surface area contributed by atoms with Gasteiger partial charge in [0.2, 0.25) is 0 Å². The number of carbonyl (C=O) groups is 1. The molecule has 4 aromatic rings. The van der Waals surface area contributed by atoms with Crippen molar-refractivity contribution in [2.75, 3.05) is 7.05 Å². The molecule has 3 aromatic carbocycles. The summed E-state index contributed by atoms with van der Waals surface area (Å²) >= 11 is 12.3. The summed E-state index contributed by atoms with van der Waals surface area (Å²) in [5, 5.41) is 0.613. The third-order valence-corrected chi connectivity index (χ3v) is 6.16. The Labute approximate surface area is 200 Å². The lowest BCUT2D eigenvalue weighted by atomic mass is 10.1. The fraction of sp³-hybridized carbons (Fsp3) is 0.160. The predicted molar refractivity (Wildman–Crippen MR) is 129 cm³/mol. The van der Waals surface area contributed by atoms with Crippen molar-refractivity contribution in [3.8, 4) is 5.69 Å². The van der Waals surface area contributed by atoms with Crippen LogP contribution in [-0.2, 0) is 0 Å². The minimum absolute atomic E-state index is 0.118. The zero-order valence-electron chi connectivity index (χ0n) is 17.9. The molecule has 0 aliphatic heterocycles. The topological polar surface area (TPSA) is 55.2 Å². The van der Waals surface area contributed by atoms with E-state index in [2.05, 4.69) is 0 Å². The van der Waals surface area contributed by atoms with Crippen LogP contribution in [0.4, 0.5) is 4.39 Å². The molecule has 0 radical (unpaired) electrons. The Morgan fingerprint density at radius 2 is 1.76 bits per heavy atom. The second kappa shape index (κ2) is 9.33. The molecule has 0 aliphatic carbocycles. The van der Waals surface area contributed by atoms with Crippen LogP contribution in [0.25, 0.3) is 16.6 Å². The molecule has 0 saturated carbocycles. The quantitative estimate of drug-likeness (QED) is 0.346. The molecule has 4 rings (SSSR count). The van der Waals surface area contributed by atoms with Gasteiger partial charge in [-0.15, -0.1) is 0 Å². The molecule has 0 bridgehead atoms. The number of hydrogen-bond donors (Lipinski definition) is 0. The van der Waals surface area contributed by atoms with Crippen LogP contribution in [0.3, 0.4) is 0 Å². The highest BCUT2D eigenvalue weighted by atomic mass is 35.5. The number of para-hydroxylation sites is 1. The SMILES string of the molecule is CCC(c1nc2ccccc2c(=O)n1-c1ccc(F)c(Cl)c1)N(C)C(=O)c1ccccc1Cl. The Balaban J connectivity index is 1.94. The van der Waals surface area contributed by atoms with Crippen LogP contribution < -0.4 is 5.56 Å². The second-order valence-corrected chi connectivity index (χ2v) is 8.36. The predicted octanol–water partition coefficient (Wildman–Crippen LogP) is 6.05. The maximum absolute atomic E-state index is 13.9. The molecule has 0 aliphatic rings. The molecule has 1 amide bonds. The number of rotatable bonds is 5. The molecule has 1 atom stereocenters. The Hall–Kier alpha value is -3.22. The average Bonchev–Trinajstić information content (AvgIpc) is 2.81. The molecule has 33 heavy (non-hydrogen) atoms. The number of halogens is 3. The summed E-state index contributed by atoms with van der Waals surface area (Å²) in [5.41, 5.74) is 0.866. The van der Waals surface area contributed by atoms with Gasteiger partial charge in [-0.25, -0.2) is 9.37 Å². The molecule has 8 heteroatoms. The number of benzene rings is 3. The fourth-order valence-electron chi connectivity index (χ4n) is 3.84. The van der Waals surface area contributed by atoms with Gasteiger partial charge in [0.05, 0.1) is 38.2 Å². The Morgan fingerprint density at radius 3 is 2.45 bits per heavy atom. The van der Waals surface area contributed by atoms with Gasteiger partial charge >= 0.3 is 0 Å². The molecule has 168 valence electrons. The van der Waals surface area contributed by atoms with Crippen LogP contribution in [0.1, 0.15) is 35.6 Å². The highest BCUT2D eigenvalue weighted by Crippen LogP contribution is 2.28. The normalized spacial score (nSPS) is 12.0. The van der Waals surface area contributed by atoms with Gasteiger partial charge in [0.15, 0.2) is 0 Å². The lowest BCUT2D eigenvalue weighted by Gasteiger charge is -2.29. The van der Waals surface area contributed by atoms with Crippen LogP contribution in [0.15, 0.2) is 71.5 Å². The van der Waals surface area contributed by atoms with Gasteiger partial charge in [0.25, 0.3) is 11.5 Å². The van der Waals surface area contributed by atoms with Gasteiger partial charge in [0.1, 0.15) is 11.6 Å². The van der Waals surface area contributed by atoms with Crippen LogP contribution in [0.5, 0.6) is 0 Å². The van der Waals surface area contributed by atoms with E-state index in [0.717, 1.165) is 0 Å². The fourth-order valence-corrected chi connectivity index (χ4v) is 4.23. The minimum Gasteiger partial charge on any atom is -0.331 e. The van der Waals surface area contributed by atoms with Gasteiger partial charge in [-0.2, -0.15) is 0 Å². The molecule has 5 nitrogen and oxygen atoms in total. The van der Waals surface area contributed by atoms with Gasteiger partial charge in [-0.05, 0) is 48.9 Å². The van der Waals surface area contributed by atoms with Crippen molar-refractivity contribution >= 4 is 40.0 Å². The third kappa shape index (κ3) is 4.24. The van der Waals surface area contributed by atoms with Gasteiger partial charge in [0, 0.05) is 7.05 Å². The van der Waals surface area contributed by atoms with E-state index >= 15 is 0 Å². The molecule has 1 unspecified atom stereocenters. The first-order valence-corrected chi connectivity index (χ1v) is 11.1. The van der Waals surface area contributed by atoms with Crippen molar-refractivity contribution in [1.82, 2.24) is 14.5 Å². The van der Waals surface area contributed by atoms with E-state index in [-0.39, 0.29) is 16.5 Å². The highest BCUT2D eigenvalue weighted by Gasteiger charge is 2.28. The maximum Gasteiger partial charge on any atom is 0.266 e. The molecular weight excluding hydrogens is 464 g/mol. The molecule has 0 spiro atoms. The lowest BCUT2D eigenvalue weighted by molar-refractivity contribution is 0.0717. The summed E-state index contributed by atoms with van der Waals surface area (Å²) < 4.78 is 15.2. The van der Waals surface area contributed by atoms with E-state index in [9.17, 15) is 14.0 Å². The lowest BCUT2D eigenvalue weighted by Crippen LogP contribution is -2.36. The van der Waals surface area contributed by atoms with Gasteiger partial charge in [-0.1, -0.05) is 54.4 Å². The number of amides is 1. The molecule has 1 aromatic heterocycles. The maximum atomic E-state index is 13.9. The zero-order chi connectivity index (χ0) is 23.7. The van der Waals surface area contributed by atoms with Crippen molar-refractivity contribution in [1.29, 1.82) is 0 Å². The first-order chi connectivity index (χ1) is 15.8.